The summed E-state index contributed by atoms with van der Waals surface area (Å²) in [5, 5.41) is 0. The zero-order valence-electron chi connectivity index (χ0n) is 10.2. The molecule has 0 fully saturated rings. The van der Waals surface area contributed by atoms with Crippen LogP contribution in [0.25, 0.3) is 11.3 Å². The van der Waals surface area contributed by atoms with Crippen LogP contribution < -0.4 is 18.9 Å². The Kier molecular flexibility index (Phi) is 3.94. The summed E-state index contributed by atoms with van der Waals surface area (Å²) in [5.41, 5.74) is 4.86. The van der Waals surface area contributed by atoms with E-state index in [1.165, 1.54) is 29.7 Å². The van der Waals surface area contributed by atoms with Crippen LogP contribution in [0.3, 0.4) is 0 Å². The fourth-order valence-corrected chi connectivity index (χ4v) is 2.19. The number of benzene rings is 1. The second-order valence-corrected chi connectivity index (χ2v) is 4.20. The Morgan fingerprint density at radius 1 is 1.00 bits per heavy atom. The minimum atomic E-state index is 0. The van der Waals surface area contributed by atoms with Crippen molar-refractivity contribution in [3.63, 3.8) is 0 Å². The zero-order chi connectivity index (χ0) is 10.8. The van der Waals surface area contributed by atoms with Gasteiger partial charge in [-0.05, 0) is 5.56 Å². The van der Waals surface area contributed by atoms with Crippen molar-refractivity contribution in [3.05, 3.63) is 60.1 Å². The third-order valence-corrected chi connectivity index (χ3v) is 3.07. The van der Waals surface area contributed by atoms with Gasteiger partial charge in [-0.1, -0.05) is 54.9 Å². The summed E-state index contributed by atoms with van der Waals surface area (Å²) in [5.74, 6) is 0. The van der Waals surface area contributed by atoms with Gasteiger partial charge >= 0.3 is 18.9 Å². The van der Waals surface area contributed by atoms with Gasteiger partial charge in [-0.25, -0.2) is 6.42 Å². The maximum atomic E-state index is 4.73. The molecule has 1 aliphatic carbocycles. The summed E-state index contributed by atoms with van der Waals surface area (Å²) < 4.78 is 0. The molecule has 17 heavy (non-hydrogen) atoms. The standard InChI is InChI=1S/C15H14N.Li/c1-2-6-12(7-3-1)15-11-10-13-8-4-5-9-14(13)16-15;/h1-3,6-7,9-11H,4-5,8H2;/q-1;+1. The van der Waals surface area contributed by atoms with E-state index in [2.05, 4.69) is 42.8 Å². The van der Waals surface area contributed by atoms with Crippen LogP contribution in [0.1, 0.15) is 24.1 Å². The first kappa shape index (κ1) is 12.3. The molecule has 1 aromatic carbocycles. The van der Waals surface area contributed by atoms with Crippen molar-refractivity contribution in [2.45, 2.75) is 19.3 Å². The fourth-order valence-electron chi connectivity index (χ4n) is 2.19. The van der Waals surface area contributed by atoms with Crippen LogP contribution in [0.4, 0.5) is 0 Å². The molecule has 1 nitrogen and oxygen atoms in total. The van der Waals surface area contributed by atoms with Crippen molar-refractivity contribution in [2.75, 3.05) is 0 Å². The molecule has 0 spiro atoms. The number of hydrogen-bond acceptors (Lipinski definition) is 1. The van der Waals surface area contributed by atoms with Crippen molar-refractivity contribution >= 4 is 0 Å². The van der Waals surface area contributed by atoms with Crippen LogP contribution in [0.5, 0.6) is 0 Å². The van der Waals surface area contributed by atoms with Crippen LogP contribution in [-0.2, 0) is 6.42 Å². The number of fused-ring (bicyclic) bond motifs is 1. The smallest absolute Gasteiger partial charge is 0.287 e. The molecular weight excluding hydrogens is 201 g/mol. The summed E-state index contributed by atoms with van der Waals surface area (Å²) in [6.07, 6.45) is 5.86. The van der Waals surface area contributed by atoms with Crippen molar-refractivity contribution in [3.8, 4) is 11.3 Å². The molecule has 0 radical (unpaired) electrons. The first-order valence-corrected chi connectivity index (χ1v) is 5.82. The van der Waals surface area contributed by atoms with E-state index in [0.717, 1.165) is 12.1 Å². The molecule has 2 aromatic rings. The number of hydrogen-bond donors (Lipinski definition) is 0. The van der Waals surface area contributed by atoms with Gasteiger partial charge in [0.05, 0.1) is 5.69 Å². The van der Waals surface area contributed by atoms with E-state index in [0.29, 0.717) is 0 Å². The second kappa shape index (κ2) is 5.45. The third-order valence-electron chi connectivity index (χ3n) is 3.07. The maximum Gasteiger partial charge on any atom is 1.00 e. The summed E-state index contributed by atoms with van der Waals surface area (Å²) >= 11 is 0. The van der Waals surface area contributed by atoms with E-state index in [4.69, 9.17) is 4.98 Å². The molecule has 80 valence electrons. The molecule has 1 aromatic heterocycles. The number of aryl methyl sites for hydroxylation is 1. The Hall–Kier alpha value is -1.16. The van der Waals surface area contributed by atoms with E-state index in [9.17, 15) is 0 Å². The van der Waals surface area contributed by atoms with Gasteiger partial charge in [0.15, 0.2) is 0 Å². The Morgan fingerprint density at radius 2 is 1.82 bits per heavy atom. The summed E-state index contributed by atoms with van der Waals surface area (Å²) in [7, 11) is 0. The molecule has 0 N–H and O–H groups in total. The number of nitrogens with zero attached hydrogens (tertiary/aromatic N) is 1. The van der Waals surface area contributed by atoms with Gasteiger partial charge in [-0.15, -0.1) is 12.5 Å². The molecule has 0 amide bonds. The Bertz CT molecular complexity index is 494. The molecule has 1 aliphatic rings. The van der Waals surface area contributed by atoms with Gasteiger partial charge in [-0.2, -0.15) is 5.56 Å². The van der Waals surface area contributed by atoms with Crippen LogP contribution >= 0.6 is 0 Å². The summed E-state index contributed by atoms with van der Waals surface area (Å²) in [6.45, 7) is 0. The molecule has 0 saturated heterocycles. The van der Waals surface area contributed by atoms with Gasteiger partial charge in [0.2, 0.25) is 0 Å². The Morgan fingerprint density at radius 3 is 2.65 bits per heavy atom. The maximum absolute atomic E-state index is 4.73. The predicted octanol–water partition coefficient (Wildman–Crippen LogP) is 0.641. The molecular formula is C15H14LiN. The largest absolute Gasteiger partial charge is 1.00 e. The fraction of sp³-hybridized carbons (Fsp3) is 0.200. The average Bonchev–Trinajstić information content (AvgIpc) is 2.39. The zero-order valence-corrected chi connectivity index (χ0v) is 10.2. The Labute approximate surface area is 114 Å². The number of aromatic nitrogens is 1. The van der Waals surface area contributed by atoms with Crippen molar-refractivity contribution in [1.29, 1.82) is 0 Å². The summed E-state index contributed by atoms with van der Waals surface area (Å²) in [4.78, 5) is 4.73. The van der Waals surface area contributed by atoms with E-state index in [1.54, 1.807) is 0 Å². The van der Waals surface area contributed by atoms with E-state index in [1.807, 2.05) is 6.07 Å². The molecule has 0 aliphatic heterocycles. The van der Waals surface area contributed by atoms with E-state index >= 15 is 0 Å². The van der Waals surface area contributed by atoms with Gasteiger partial charge in [0.25, 0.3) is 0 Å². The van der Waals surface area contributed by atoms with Gasteiger partial charge in [-0.3, -0.25) is 4.98 Å². The topological polar surface area (TPSA) is 12.9 Å². The third kappa shape index (κ3) is 2.57. The molecule has 1 heterocycles. The van der Waals surface area contributed by atoms with Crippen LogP contribution in [-0.4, -0.2) is 4.98 Å². The van der Waals surface area contributed by atoms with Crippen molar-refractivity contribution in [1.82, 2.24) is 4.98 Å². The quantitative estimate of drug-likeness (QED) is 0.502. The van der Waals surface area contributed by atoms with Crippen molar-refractivity contribution in [2.24, 2.45) is 0 Å². The molecule has 0 unspecified atom stereocenters. The molecule has 0 atom stereocenters. The van der Waals surface area contributed by atoms with E-state index in [-0.39, 0.29) is 18.9 Å². The van der Waals surface area contributed by atoms with Crippen molar-refractivity contribution < 1.29 is 18.9 Å². The average molecular weight is 215 g/mol. The van der Waals surface area contributed by atoms with Crippen LogP contribution in [0.2, 0.25) is 0 Å². The molecule has 3 rings (SSSR count). The Balaban J connectivity index is 0.00000108. The second-order valence-electron chi connectivity index (χ2n) is 4.20. The normalized spacial score (nSPS) is 13.2. The minimum Gasteiger partial charge on any atom is -0.287 e. The number of pyridine rings is 1. The van der Waals surface area contributed by atoms with Gasteiger partial charge in [0.1, 0.15) is 0 Å². The molecule has 0 saturated carbocycles. The van der Waals surface area contributed by atoms with Gasteiger partial charge in [0, 0.05) is 0 Å². The minimum absolute atomic E-state index is 0. The van der Waals surface area contributed by atoms with E-state index < -0.39 is 0 Å². The summed E-state index contributed by atoms with van der Waals surface area (Å²) in [6, 6.07) is 14.7. The molecule has 0 bridgehead atoms. The molecule has 2 heteroatoms. The SMILES string of the molecule is [Li+].c1ccc(-c2ccc3c(n2)[CH-]CCC3)cc1. The predicted molar refractivity (Wildman–Crippen MR) is 66.0 cm³/mol. The number of rotatable bonds is 1. The van der Waals surface area contributed by atoms with Crippen LogP contribution in [0.15, 0.2) is 42.5 Å². The first-order valence-electron chi connectivity index (χ1n) is 5.82. The monoisotopic (exact) mass is 215 g/mol. The van der Waals surface area contributed by atoms with Gasteiger partial charge < -0.3 is 0 Å². The first-order chi connectivity index (χ1) is 7.93. The van der Waals surface area contributed by atoms with Crippen LogP contribution in [0, 0.1) is 6.42 Å².